The van der Waals surface area contributed by atoms with Crippen molar-refractivity contribution in [3.05, 3.63) is 53.3 Å². The summed E-state index contributed by atoms with van der Waals surface area (Å²) in [5.41, 5.74) is 8.78. The van der Waals surface area contributed by atoms with E-state index in [0.717, 1.165) is 5.56 Å². The van der Waals surface area contributed by atoms with Crippen LogP contribution in [0.5, 0.6) is 5.75 Å². The number of hydrogen-bond donors (Lipinski definition) is 1. The number of methoxy groups -OCH3 is 1. The Morgan fingerprint density at radius 1 is 1.20 bits per heavy atom. The SMILES string of the molecule is COc1cc(N(C)Cc2ccc(C)cc2)c(F)cc1N. The summed E-state index contributed by atoms with van der Waals surface area (Å²) in [7, 11) is 3.36. The molecule has 0 saturated carbocycles. The molecule has 2 aromatic rings. The molecular weight excluding hydrogens is 255 g/mol. The van der Waals surface area contributed by atoms with Crippen LogP contribution in [0.15, 0.2) is 36.4 Å². The molecule has 0 heterocycles. The molecule has 0 unspecified atom stereocenters. The first-order valence-corrected chi connectivity index (χ1v) is 6.41. The zero-order valence-electron chi connectivity index (χ0n) is 12.0. The van der Waals surface area contributed by atoms with E-state index in [2.05, 4.69) is 0 Å². The van der Waals surface area contributed by atoms with Gasteiger partial charge in [0.25, 0.3) is 0 Å². The molecule has 0 fully saturated rings. The number of nitrogens with two attached hydrogens (primary N) is 1. The molecule has 0 aliphatic carbocycles. The first-order chi connectivity index (χ1) is 9.51. The smallest absolute Gasteiger partial charge is 0.148 e. The van der Waals surface area contributed by atoms with E-state index in [4.69, 9.17) is 10.5 Å². The Kier molecular flexibility index (Phi) is 4.13. The van der Waals surface area contributed by atoms with E-state index in [1.807, 2.05) is 43.1 Å². The van der Waals surface area contributed by atoms with E-state index in [0.29, 0.717) is 23.7 Å². The fourth-order valence-electron chi connectivity index (χ4n) is 2.08. The molecule has 3 nitrogen and oxygen atoms in total. The second-order valence-electron chi connectivity index (χ2n) is 4.89. The number of nitrogen functional groups attached to an aromatic ring is 1. The van der Waals surface area contributed by atoms with E-state index in [1.54, 1.807) is 6.07 Å². The van der Waals surface area contributed by atoms with Gasteiger partial charge in [-0.05, 0) is 12.5 Å². The first-order valence-electron chi connectivity index (χ1n) is 6.41. The van der Waals surface area contributed by atoms with Crippen molar-refractivity contribution >= 4 is 11.4 Å². The van der Waals surface area contributed by atoms with Crippen LogP contribution in [-0.2, 0) is 6.54 Å². The summed E-state index contributed by atoms with van der Waals surface area (Å²) >= 11 is 0. The van der Waals surface area contributed by atoms with Crippen LogP contribution in [-0.4, -0.2) is 14.2 Å². The Labute approximate surface area is 118 Å². The summed E-state index contributed by atoms with van der Waals surface area (Å²) in [4.78, 5) is 1.84. The average molecular weight is 274 g/mol. The van der Waals surface area contributed by atoms with Gasteiger partial charge in [0.1, 0.15) is 11.6 Å². The number of aryl methyl sites for hydroxylation is 1. The molecule has 0 aromatic heterocycles. The van der Waals surface area contributed by atoms with Gasteiger partial charge in [-0.3, -0.25) is 0 Å². The maximum Gasteiger partial charge on any atom is 0.148 e. The number of rotatable bonds is 4. The van der Waals surface area contributed by atoms with Gasteiger partial charge in [-0.15, -0.1) is 0 Å². The van der Waals surface area contributed by atoms with Gasteiger partial charge in [-0.25, -0.2) is 4.39 Å². The van der Waals surface area contributed by atoms with E-state index in [9.17, 15) is 4.39 Å². The molecule has 0 spiro atoms. The molecule has 0 bridgehead atoms. The minimum atomic E-state index is -0.349. The highest BCUT2D eigenvalue weighted by atomic mass is 19.1. The molecule has 2 rings (SSSR count). The molecular formula is C16H19FN2O. The Balaban J connectivity index is 2.24. The van der Waals surface area contributed by atoms with Crippen molar-refractivity contribution < 1.29 is 9.13 Å². The summed E-state index contributed by atoms with van der Waals surface area (Å²) in [6, 6.07) is 11.1. The number of benzene rings is 2. The van der Waals surface area contributed by atoms with Gasteiger partial charge >= 0.3 is 0 Å². The van der Waals surface area contributed by atoms with Crippen LogP contribution in [0.3, 0.4) is 0 Å². The molecule has 2 N–H and O–H groups in total. The Hall–Kier alpha value is -2.23. The van der Waals surface area contributed by atoms with E-state index in [1.165, 1.54) is 18.7 Å². The van der Waals surface area contributed by atoms with Gasteiger partial charge in [-0.1, -0.05) is 29.8 Å². The largest absolute Gasteiger partial charge is 0.495 e. The van der Waals surface area contributed by atoms with Crippen molar-refractivity contribution in [2.24, 2.45) is 0 Å². The summed E-state index contributed by atoms with van der Waals surface area (Å²) in [5.74, 6) is 0.134. The maximum absolute atomic E-state index is 14.0. The second-order valence-corrected chi connectivity index (χ2v) is 4.89. The minimum Gasteiger partial charge on any atom is -0.495 e. The van der Waals surface area contributed by atoms with Crippen LogP contribution in [0.2, 0.25) is 0 Å². The highest BCUT2D eigenvalue weighted by Crippen LogP contribution is 2.30. The van der Waals surface area contributed by atoms with Gasteiger partial charge in [0.2, 0.25) is 0 Å². The third-order valence-electron chi connectivity index (χ3n) is 3.25. The molecule has 106 valence electrons. The lowest BCUT2D eigenvalue weighted by Gasteiger charge is -2.21. The van der Waals surface area contributed by atoms with Crippen molar-refractivity contribution in [1.29, 1.82) is 0 Å². The van der Waals surface area contributed by atoms with Gasteiger partial charge in [-0.2, -0.15) is 0 Å². The number of ether oxygens (including phenoxy) is 1. The zero-order chi connectivity index (χ0) is 14.7. The average Bonchev–Trinajstić information content (AvgIpc) is 2.41. The molecule has 0 saturated heterocycles. The van der Waals surface area contributed by atoms with Gasteiger partial charge in [0.05, 0.1) is 18.5 Å². The van der Waals surface area contributed by atoms with Crippen LogP contribution < -0.4 is 15.4 Å². The quantitative estimate of drug-likeness (QED) is 0.869. The summed E-state index contributed by atoms with van der Waals surface area (Å²) in [5, 5.41) is 0. The maximum atomic E-state index is 14.0. The van der Waals surface area contributed by atoms with Crippen molar-refractivity contribution in [2.45, 2.75) is 13.5 Å². The van der Waals surface area contributed by atoms with Crippen molar-refractivity contribution in [1.82, 2.24) is 0 Å². The van der Waals surface area contributed by atoms with Crippen molar-refractivity contribution in [3.8, 4) is 5.75 Å². The topological polar surface area (TPSA) is 38.5 Å². The van der Waals surface area contributed by atoms with Crippen molar-refractivity contribution in [3.63, 3.8) is 0 Å². The van der Waals surface area contributed by atoms with Crippen LogP contribution in [0.1, 0.15) is 11.1 Å². The zero-order valence-corrected chi connectivity index (χ0v) is 12.0. The molecule has 0 aliphatic heterocycles. The lowest BCUT2D eigenvalue weighted by atomic mass is 10.1. The molecule has 2 aromatic carbocycles. The monoisotopic (exact) mass is 274 g/mol. The van der Waals surface area contributed by atoms with Gasteiger partial charge < -0.3 is 15.4 Å². The van der Waals surface area contributed by atoms with Crippen LogP contribution in [0.25, 0.3) is 0 Å². The van der Waals surface area contributed by atoms with E-state index in [-0.39, 0.29) is 5.82 Å². The molecule has 4 heteroatoms. The van der Waals surface area contributed by atoms with E-state index >= 15 is 0 Å². The van der Waals surface area contributed by atoms with Crippen LogP contribution in [0.4, 0.5) is 15.8 Å². The molecule has 0 radical (unpaired) electrons. The molecule has 20 heavy (non-hydrogen) atoms. The predicted molar refractivity (Wildman–Crippen MR) is 80.7 cm³/mol. The third kappa shape index (κ3) is 3.02. The summed E-state index contributed by atoms with van der Waals surface area (Å²) in [6.07, 6.45) is 0. The Morgan fingerprint density at radius 3 is 2.45 bits per heavy atom. The number of anilines is 2. The first kappa shape index (κ1) is 14.2. The molecule has 0 amide bonds. The van der Waals surface area contributed by atoms with Gasteiger partial charge in [0.15, 0.2) is 0 Å². The van der Waals surface area contributed by atoms with Crippen molar-refractivity contribution in [2.75, 3.05) is 24.8 Å². The van der Waals surface area contributed by atoms with Crippen LogP contribution in [0, 0.1) is 12.7 Å². The standard InChI is InChI=1S/C16H19FN2O/c1-11-4-6-12(7-5-11)10-19(2)15-9-16(20-3)14(18)8-13(15)17/h4-9H,10,18H2,1-3H3. The predicted octanol–water partition coefficient (Wildman–Crippen LogP) is 3.36. The minimum absolute atomic E-state index is 0.303. The Morgan fingerprint density at radius 2 is 1.85 bits per heavy atom. The third-order valence-corrected chi connectivity index (χ3v) is 3.25. The number of nitrogens with zero attached hydrogens (tertiary/aromatic N) is 1. The van der Waals surface area contributed by atoms with Crippen LogP contribution >= 0.6 is 0 Å². The van der Waals surface area contributed by atoms with Gasteiger partial charge in [0, 0.05) is 25.7 Å². The second kappa shape index (κ2) is 5.82. The lowest BCUT2D eigenvalue weighted by Crippen LogP contribution is -2.18. The fraction of sp³-hybridized carbons (Fsp3) is 0.250. The highest BCUT2D eigenvalue weighted by Gasteiger charge is 2.12. The Bertz CT molecular complexity index is 596. The normalized spacial score (nSPS) is 10.4. The fourth-order valence-corrected chi connectivity index (χ4v) is 2.08. The molecule has 0 aliphatic rings. The number of halogens is 1. The summed E-state index contributed by atoms with van der Waals surface area (Å²) in [6.45, 7) is 2.66. The highest BCUT2D eigenvalue weighted by molar-refractivity contribution is 5.63. The van der Waals surface area contributed by atoms with E-state index < -0.39 is 0 Å². The molecule has 0 atom stereocenters. The summed E-state index contributed by atoms with van der Waals surface area (Å²) < 4.78 is 19.1. The lowest BCUT2D eigenvalue weighted by molar-refractivity contribution is 0.416. The number of hydrogen-bond acceptors (Lipinski definition) is 3.